The highest BCUT2D eigenvalue weighted by molar-refractivity contribution is 6.35. The summed E-state index contributed by atoms with van der Waals surface area (Å²) in [6.07, 6.45) is 0.949. The molecule has 1 N–H and O–H groups in total. The van der Waals surface area contributed by atoms with Crippen LogP contribution in [0.1, 0.15) is 16.7 Å². The molecule has 0 fully saturated rings. The van der Waals surface area contributed by atoms with E-state index in [0.717, 1.165) is 36.4 Å². The van der Waals surface area contributed by atoms with Crippen molar-refractivity contribution in [1.29, 1.82) is 0 Å². The summed E-state index contributed by atoms with van der Waals surface area (Å²) in [6, 6.07) is 19.4. The second-order valence-corrected chi connectivity index (χ2v) is 7.63. The minimum absolute atomic E-state index is 0.339. The zero-order valence-electron chi connectivity index (χ0n) is 17.1. The van der Waals surface area contributed by atoms with Crippen LogP contribution in [0.2, 0.25) is 10.0 Å². The van der Waals surface area contributed by atoms with Crippen molar-refractivity contribution < 1.29 is 14.2 Å². The number of rotatable bonds is 10. The lowest BCUT2D eigenvalue weighted by atomic mass is 10.1. The van der Waals surface area contributed by atoms with Crippen molar-refractivity contribution >= 4 is 23.2 Å². The second kappa shape index (κ2) is 11.1. The molecule has 0 saturated heterocycles. The first kappa shape index (κ1) is 22.3. The van der Waals surface area contributed by atoms with E-state index in [2.05, 4.69) is 17.4 Å². The highest BCUT2D eigenvalue weighted by atomic mass is 35.5. The maximum atomic E-state index is 6.21. The number of ether oxygens (including phenoxy) is 3. The van der Waals surface area contributed by atoms with Gasteiger partial charge in [-0.05, 0) is 60.5 Å². The molecule has 30 heavy (non-hydrogen) atoms. The molecule has 0 bridgehead atoms. The van der Waals surface area contributed by atoms with Gasteiger partial charge in [-0.25, -0.2) is 0 Å². The van der Waals surface area contributed by atoms with E-state index >= 15 is 0 Å². The molecule has 3 aromatic rings. The Kier molecular flexibility index (Phi) is 8.26. The van der Waals surface area contributed by atoms with Crippen LogP contribution in [-0.2, 0) is 19.6 Å². The number of benzene rings is 3. The van der Waals surface area contributed by atoms with E-state index in [4.69, 9.17) is 37.4 Å². The van der Waals surface area contributed by atoms with E-state index in [1.54, 1.807) is 26.4 Å². The lowest BCUT2D eigenvalue weighted by molar-refractivity contribution is 0.284. The zero-order chi connectivity index (χ0) is 21.3. The highest BCUT2D eigenvalue weighted by Gasteiger charge is 2.08. The summed E-state index contributed by atoms with van der Waals surface area (Å²) >= 11 is 12.2. The van der Waals surface area contributed by atoms with Gasteiger partial charge in [0, 0.05) is 22.2 Å². The largest absolute Gasteiger partial charge is 0.497 e. The first-order valence-corrected chi connectivity index (χ1v) is 10.4. The first-order valence-electron chi connectivity index (χ1n) is 9.66. The SMILES string of the molecule is COc1ccc(CCNCc2ccc(OCc3ccc(Cl)cc3Cl)c(OC)c2)cc1. The van der Waals surface area contributed by atoms with E-state index in [-0.39, 0.29) is 0 Å². The summed E-state index contributed by atoms with van der Waals surface area (Å²) < 4.78 is 16.6. The number of hydrogen-bond donors (Lipinski definition) is 1. The van der Waals surface area contributed by atoms with Crippen molar-refractivity contribution in [3.8, 4) is 17.2 Å². The van der Waals surface area contributed by atoms with Crippen molar-refractivity contribution in [2.24, 2.45) is 0 Å². The molecule has 0 aliphatic carbocycles. The van der Waals surface area contributed by atoms with Gasteiger partial charge in [0.05, 0.1) is 14.2 Å². The molecule has 0 aromatic heterocycles. The molecule has 0 aliphatic heterocycles. The Hall–Kier alpha value is -2.40. The summed E-state index contributed by atoms with van der Waals surface area (Å²) in [6.45, 7) is 1.96. The van der Waals surface area contributed by atoms with Gasteiger partial charge in [0.15, 0.2) is 11.5 Å². The normalized spacial score (nSPS) is 10.7. The second-order valence-electron chi connectivity index (χ2n) is 6.78. The van der Waals surface area contributed by atoms with E-state index in [9.17, 15) is 0 Å². The van der Waals surface area contributed by atoms with Crippen molar-refractivity contribution in [2.75, 3.05) is 20.8 Å². The van der Waals surface area contributed by atoms with Crippen LogP contribution in [0.15, 0.2) is 60.7 Å². The summed E-state index contributed by atoms with van der Waals surface area (Å²) in [7, 11) is 3.31. The third-order valence-corrected chi connectivity index (χ3v) is 5.29. The quantitative estimate of drug-likeness (QED) is 0.393. The van der Waals surface area contributed by atoms with Crippen molar-refractivity contribution in [3.05, 3.63) is 87.4 Å². The topological polar surface area (TPSA) is 39.7 Å². The maximum Gasteiger partial charge on any atom is 0.161 e. The van der Waals surface area contributed by atoms with Crippen molar-refractivity contribution in [2.45, 2.75) is 19.6 Å². The highest BCUT2D eigenvalue weighted by Crippen LogP contribution is 2.30. The lowest BCUT2D eigenvalue weighted by Crippen LogP contribution is -2.16. The standard InChI is InChI=1S/C24H25Cl2NO3/c1-28-21-8-3-17(4-9-21)11-12-27-15-18-5-10-23(24(13-18)29-2)30-16-19-6-7-20(25)14-22(19)26/h3-10,13-14,27H,11-12,15-16H2,1-2H3. The van der Waals surface area contributed by atoms with Gasteiger partial charge in [-0.2, -0.15) is 0 Å². The molecule has 158 valence electrons. The molecular formula is C24H25Cl2NO3. The van der Waals surface area contributed by atoms with Crippen LogP contribution in [0.5, 0.6) is 17.2 Å². The van der Waals surface area contributed by atoms with Gasteiger partial charge in [0.2, 0.25) is 0 Å². The molecule has 0 aliphatic rings. The minimum atomic E-state index is 0.339. The third-order valence-electron chi connectivity index (χ3n) is 4.70. The molecule has 3 rings (SSSR count). The van der Waals surface area contributed by atoms with Crippen LogP contribution in [0, 0.1) is 0 Å². The third kappa shape index (κ3) is 6.30. The molecule has 0 amide bonds. The van der Waals surface area contributed by atoms with E-state index in [0.29, 0.717) is 28.2 Å². The van der Waals surface area contributed by atoms with Crippen molar-refractivity contribution in [1.82, 2.24) is 5.32 Å². The monoisotopic (exact) mass is 445 g/mol. The molecule has 3 aromatic carbocycles. The van der Waals surface area contributed by atoms with E-state index in [1.807, 2.05) is 36.4 Å². The van der Waals surface area contributed by atoms with E-state index < -0.39 is 0 Å². The summed E-state index contributed by atoms with van der Waals surface area (Å²) in [5.41, 5.74) is 3.26. The van der Waals surface area contributed by atoms with Crippen LogP contribution in [0.25, 0.3) is 0 Å². The first-order chi connectivity index (χ1) is 14.6. The fourth-order valence-corrected chi connectivity index (χ4v) is 3.46. The molecule has 0 atom stereocenters. The number of nitrogens with one attached hydrogen (secondary N) is 1. The molecule has 0 radical (unpaired) electrons. The van der Waals surface area contributed by atoms with Gasteiger partial charge < -0.3 is 19.5 Å². The van der Waals surface area contributed by atoms with Crippen molar-refractivity contribution in [3.63, 3.8) is 0 Å². The number of hydrogen-bond acceptors (Lipinski definition) is 4. The van der Waals surface area contributed by atoms with Crippen LogP contribution >= 0.6 is 23.2 Å². The molecule has 0 spiro atoms. The minimum Gasteiger partial charge on any atom is -0.497 e. The molecule has 0 unspecified atom stereocenters. The predicted molar refractivity (Wildman–Crippen MR) is 122 cm³/mol. The summed E-state index contributed by atoms with van der Waals surface area (Å²) in [5, 5.41) is 4.65. The Labute approximate surface area is 187 Å². The molecule has 0 heterocycles. The smallest absolute Gasteiger partial charge is 0.161 e. The van der Waals surface area contributed by atoms with Crippen LogP contribution in [0.3, 0.4) is 0 Å². The Morgan fingerprint density at radius 3 is 2.27 bits per heavy atom. The fraction of sp³-hybridized carbons (Fsp3) is 0.250. The van der Waals surface area contributed by atoms with Gasteiger partial charge in [-0.1, -0.05) is 47.5 Å². The van der Waals surface area contributed by atoms with Crippen LogP contribution < -0.4 is 19.5 Å². The molecule has 4 nitrogen and oxygen atoms in total. The van der Waals surface area contributed by atoms with Crippen LogP contribution in [-0.4, -0.2) is 20.8 Å². The van der Waals surface area contributed by atoms with Crippen LogP contribution in [0.4, 0.5) is 0 Å². The average Bonchev–Trinajstić information content (AvgIpc) is 2.77. The molecule has 0 saturated carbocycles. The van der Waals surface area contributed by atoms with E-state index in [1.165, 1.54) is 5.56 Å². The van der Waals surface area contributed by atoms with Gasteiger partial charge >= 0.3 is 0 Å². The average molecular weight is 446 g/mol. The predicted octanol–water partition coefficient (Wildman–Crippen LogP) is 5.92. The lowest BCUT2D eigenvalue weighted by Gasteiger charge is -2.13. The Bertz CT molecular complexity index is 961. The summed E-state index contributed by atoms with van der Waals surface area (Å²) in [4.78, 5) is 0. The van der Waals surface area contributed by atoms with Gasteiger partial charge in [0.25, 0.3) is 0 Å². The molecular weight excluding hydrogens is 421 g/mol. The Balaban J connectivity index is 1.51. The van der Waals surface area contributed by atoms with Gasteiger partial charge in [-0.15, -0.1) is 0 Å². The Morgan fingerprint density at radius 1 is 0.800 bits per heavy atom. The molecule has 6 heteroatoms. The zero-order valence-corrected chi connectivity index (χ0v) is 18.6. The number of methoxy groups -OCH3 is 2. The fourth-order valence-electron chi connectivity index (χ4n) is 2.99. The summed E-state index contributed by atoms with van der Waals surface area (Å²) in [5.74, 6) is 2.24. The number of halogens is 2. The van der Waals surface area contributed by atoms with Gasteiger partial charge in [-0.3, -0.25) is 0 Å². The van der Waals surface area contributed by atoms with Gasteiger partial charge in [0.1, 0.15) is 12.4 Å². The Morgan fingerprint density at radius 2 is 1.57 bits per heavy atom. The maximum absolute atomic E-state index is 6.21.